The van der Waals surface area contributed by atoms with E-state index in [2.05, 4.69) is 0 Å². The van der Waals surface area contributed by atoms with Crippen LogP contribution in [0.5, 0.6) is 5.75 Å². The van der Waals surface area contributed by atoms with Crippen LogP contribution in [0.3, 0.4) is 0 Å². The van der Waals surface area contributed by atoms with Gasteiger partial charge in [-0.15, -0.1) is 0 Å². The van der Waals surface area contributed by atoms with E-state index in [-0.39, 0.29) is 17.7 Å². The Morgan fingerprint density at radius 1 is 1.48 bits per heavy atom. The first-order chi connectivity index (χ1) is 12.0. The number of benzene rings is 1. The molecular formula is C19H25NO5. The quantitative estimate of drug-likeness (QED) is 0.883. The second-order valence-electron chi connectivity index (χ2n) is 7.14. The molecule has 0 aliphatic carbocycles. The molecule has 1 amide bonds. The average Bonchev–Trinajstić information content (AvgIpc) is 3.03. The van der Waals surface area contributed by atoms with Crippen LogP contribution in [0.2, 0.25) is 0 Å². The molecule has 6 nitrogen and oxygen atoms in total. The fourth-order valence-corrected chi connectivity index (χ4v) is 3.95. The van der Waals surface area contributed by atoms with Crippen LogP contribution >= 0.6 is 0 Å². The fourth-order valence-electron chi connectivity index (χ4n) is 3.95. The van der Waals surface area contributed by atoms with Crippen LogP contribution in [0.4, 0.5) is 0 Å². The van der Waals surface area contributed by atoms with Crippen molar-refractivity contribution >= 4 is 11.9 Å². The third-order valence-electron chi connectivity index (χ3n) is 5.63. The van der Waals surface area contributed by atoms with Crippen molar-refractivity contribution in [3.8, 4) is 5.75 Å². The normalized spacial score (nSPS) is 26.8. The summed E-state index contributed by atoms with van der Waals surface area (Å²) in [5.74, 6) is -0.106. The van der Waals surface area contributed by atoms with Gasteiger partial charge in [-0.3, -0.25) is 9.59 Å². The van der Waals surface area contributed by atoms with Gasteiger partial charge in [-0.2, -0.15) is 0 Å². The summed E-state index contributed by atoms with van der Waals surface area (Å²) in [6.45, 7) is 3.63. The summed E-state index contributed by atoms with van der Waals surface area (Å²) in [6, 6.07) is 7.71. The smallest absolute Gasteiger partial charge is 0.311 e. The van der Waals surface area contributed by atoms with Gasteiger partial charge in [0.2, 0.25) is 5.91 Å². The highest BCUT2D eigenvalue weighted by atomic mass is 16.5. The summed E-state index contributed by atoms with van der Waals surface area (Å²) >= 11 is 0. The van der Waals surface area contributed by atoms with Crippen molar-refractivity contribution < 1.29 is 24.2 Å². The number of amides is 1. The van der Waals surface area contributed by atoms with Crippen LogP contribution in [-0.4, -0.2) is 55.3 Å². The highest BCUT2D eigenvalue weighted by Gasteiger charge is 2.54. The molecule has 0 saturated carbocycles. The summed E-state index contributed by atoms with van der Waals surface area (Å²) in [5.41, 5.74) is 0.202. The number of ether oxygens (including phenoxy) is 2. The van der Waals surface area contributed by atoms with E-state index in [1.807, 2.05) is 31.2 Å². The maximum atomic E-state index is 12.8. The molecule has 2 aliphatic heterocycles. The van der Waals surface area contributed by atoms with Crippen LogP contribution < -0.4 is 4.74 Å². The zero-order chi connectivity index (χ0) is 18.0. The largest absolute Gasteiger partial charge is 0.497 e. The van der Waals surface area contributed by atoms with Gasteiger partial charge in [-0.25, -0.2) is 0 Å². The molecule has 25 heavy (non-hydrogen) atoms. The molecule has 0 bridgehead atoms. The van der Waals surface area contributed by atoms with Gasteiger partial charge < -0.3 is 19.5 Å². The minimum absolute atomic E-state index is 0.00495. The molecule has 3 atom stereocenters. The molecule has 0 radical (unpaired) electrons. The Hall–Kier alpha value is -2.08. The maximum absolute atomic E-state index is 12.8. The van der Waals surface area contributed by atoms with Crippen molar-refractivity contribution in [1.82, 2.24) is 4.90 Å². The average molecular weight is 347 g/mol. The van der Waals surface area contributed by atoms with Crippen molar-refractivity contribution in [3.05, 3.63) is 29.8 Å². The van der Waals surface area contributed by atoms with Gasteiger partial charge in [0.1, 0.15) is 5.75 Å². The number of nitrogens with zero attached hydrogens (tertiary/aromatic N) is 1. The van der Waals surface area contributed by atoms with Crippen LogP contribution in [0, 0.1) is 11.3 Å². The molecule has 0 spiro atoms. The monoisotopic (exact) mass is 347 g/mol. The van der Waals surface area contributed by atoms with Gasteiger partial charge >= 0.3 is 5.97 Å². The molecule has 6 heteroatoms. The third-order valence-corrected chi connectivity index (χ3v) is 5.63. The standard InChI is InChI=1S/C19H25NO5/c1-13(14-4-3-5-16(9-14)24-2)8-17(21)20-10-15-11-25-7-6-19(15,12-20)18(22)23/h3-5,9,13,15H,6-8,10-12H2,1-2H3,(H,22,23)/t13?,15-,19+/m0/s1. The molecule has 1 aromatic carbocycles. The Labute approximate surface area is 147 Å². The number of likely N-dealkylation sites (tertiary alicyclic amines) is 1. The predicted octanol–water partition coefficient (Wildman–Crippen LogP) is 2.14. The number of rotatable bonds is 5. The summed E-state index contributed by atoms with van der Waals surface area (Å²) in [4.78, 5) is 26.3. The number of carbonyl (C=O) groups is 2. The lowest BCUT2D eigenvalue weighted by atomic mass is 9.74. The third kappa shape index (κ3) is 3.35. The van der Waals surface area contributed by atoms with Gasteiger partial charge in [-0.1, -0.05) is 19.1 Å². The van der Waals surface area contributed by atoms with E-state index in [1.54, 1.807) is 12.0 Å². The van der Waals surface area contributed by atoms with Gasteiger partial charge in [0.25, 0.3) is 0 Å². The highest BCUT2D eigenvalue weighted by Crippen LogP contribution is 2.43. The molecular weight excluding hydrogens is 322 g/mol. The fraction of sp³-hybridized carbons (Fsp3) is 0.579. The number of hydrogen-bond acceptors (Lipinski definition) is 4. The first-order valence-electron chi connectivity index (χ1n) is 8.69. The minimum atomic E-state index is -0.840. The Balaban J connectivity index is 1.68. The van der Waals surface area contributed by atoms with Crippen LogP contribution in [-0.2, 0) is 14.3 Å². The SMILES string of the molecule is COc1cccc(C(C)CC(=O)N2C[C@H]3COCC[C@@]3(C(=O)O)C2)c1. The minimum Gasteiger partial charge on any atom is -0.497 e. The van der Waals surface area contributed by atoms with E-state index in [0.717, 1.165) is 11.3 Å². The van der Waals surface area contributed by atoms with Crippen molar-refractivity contribution in [1.29, 1.82) is 0 Å². The number of fused-ring (bicyclic) bond motifs is 1. The Morgan fingerprint density at radius 3 is 2.96 bits per heavy atom. The van der Waals surface area contributed by atoms with Crippen LogP contribution in [0.25, 0.3) is 0 Å². The summed E-state index contributed by atoms with van der Waals surface area (Å²) in [6.07, 6.45) is 0.832. The highest BCUT2D eigenvalue weighted by molar-refractivity contribution is 5.81. The van der Waals surface area contributed by atoms with Gasteiger partial charge in [-0.05, 0) is 30.0 Å². The number of carboxylic acids is 1. The Kier molecular flexibility index (Phi) is 4.99. The van der Waals surface area contributed by atoms with E-state index in [9.17, 15) is 14.7 Å². The summed E-state index contributed by atoms with van der Waals surface area (Å²) in [5, 5.41) is 9.71. The van der Waals surface area contributed by atoms with Crippen LogP contribution in [0.15, 0.2) is 24.3 Å². The number of aliphatic carboxylic acids is 1. The molecule has 1 unspecified atom stereocenters. The van der Waals surface area contributed by atoms with Crippen molar-refractivity contribution in [2.75, 3.05) is 33.4 Å². The first-order valence-corrected chi connectivity index (χ1v) is 8.69. The number of carboxylic acid groups (broad SMARTS) is 1. The molecule has 0 aromatic heterocycles. The molecule has 1 N–H and O–H groups in total. The zero-order valence-corrected chi connectivity index (χ0v) is 14.7. The van der Waals surface area contributed by atoms with Gasteiger partial charge in [0.05, 0.1) is 19.1 Å². The van der Waals surface area contributed by atoms with Gasteiger partial charge in [0, 0.05) is 32.0 Å². The van der Waals surface area contributed by atoms with E-state index in [4.69, 9.17) is 9.47 Å². The van der Waals surface area contributed by atoms with E-state index in [1.165, 1.54) is 0 Å². The number of hydrogen-bond donors (Lipinski definition) is 1. The Bertz CT molecular complexity index is 661. The second kappa shape index (κ2) is 7.04. The van der Waals surface area contributed by atoms with E-state index < -0.39 is 11.4 Å². The molecule has 3 rings (SSSR count). The van der Waals surface area contributed by atoms with Crippen molar-refractivity contribution in [2.24, 2.45) is 11.3 Å². The van der Waals surface area contributed by atoms with Gasteiger partial charge in [0.15, 0.2) is 0 Å². The lowest BCUT2D eigenvalue weighted by Crippen LogP contribution is -2.45. The maximum Gasteiger partial charge on any atom is 0.311 e. The number of carbonyl (C=O) groups excluding carboxylic acids is 1. The van der Waals surface area contributed by atoms with Crippen molar-refractivity contribution in [3.63, 3.8) is 0 Å². The summed E-state index contributed by atoms with van der Waals surface area (Å²) < 4.78 is 10.7. The predicted molar refractivity (Wildman–Crippen MR) is 91.6 cm³/mol. The lowest BCUT2D eigenvalue weighted by molar-refractivity contribution is -0.157. The second-order valence-corrected chi connectivity index (χ2v) is 7.14. The lowest BCUT2D eigenvalue weighted by Gasteiger charge is -2.33. The van der Waals surface area contributed by atoms with E-state index in [0.29, 0.717) is 39.1 Å². The zero-order valence-electron chi connectivity index (χ0n) is 14.7. The summed E-state index contributed by atoms with van der Waals surface area (Å²) in [7, 11) is 1.62. The molecule has 136 valence electrons. The molecule has 2 aliphatic rings. The Morgan fingerprint density at radius 2 is 2.28 bits per heavy atom. The molecule has 2 saturated heterocycles. The number of methoxy groups -OCH3 is 1. The van der Waals surface area contributed by atoms with Crippen molar-refractivity contribution in [2.45, 2.75) is 25.7 Å². The van der Waals surface area contributed by atoms with Crippen LogP contribution in [0.1, 0.15) is 31.2 Å². The topological polar surface area (TPSA) is 76.1 Å². The molecule has 2 fully saturated rings. The first kappa shape index (κ1) is 17.7. The molecule has 2 heterocycles. The molecule has 1 aromatic rings. The van der Waals surface area contributed by atoms with E-state index >= 15 is 0 Å².